The molecule has 19 heteroatoms. The molecule has 0 fully saturated rings. The lowest BCUT2D eigenvalue weighted by atomic mass is 10.0. The molecule has 0 aromatic rings. The summed E-state index contributed by atoms with van der Waals surface area (Å²) in [7, 11) is -9.89. The van der Waals surface area contributed by atoms with Crippen molar-refractivity contribution in [1.82, 2.24) is 0 Å². The Morgan fingerprint density at radius 1 is 0.305 bits per heavy atom. The second kappa shape index (κ2) is 53.3. The van der Waals surface area contributed by atoms with Crippen molar-refractivity contribution in [2.45, 2.75) is 318 Å². The van der Waals surface area contributed by atoms with Crippen LogP contribution < -0.4 is 0 Å². The Bertz CT molecular complexity index is 1640. The van der Waals surface area contributed by atoms with Gasteiger partial charge in [-0.3, -0.25) is 37.3 Å². The van der Waals surface area contributed by atoms with Crippen LogP contribution in [0.1, 0.15) is 299 Å². The van der Waals surface area contributed by atoms with E-state index in [2.05, 4.69) is 55.4 Å². The van der Waals surface area contributed by atoms with Gasteiger partial charge in [0.25, 0.3) is 0 Å². The van der Waals surface area contributed by atoms with Gasteiger partial charge in [-0.25, -0.2) is 9.13 Å². The Balaban J connectivity index is 5.23. The molecule has 0 aromatic heterocycles. The monoisotopic (exact) mass is 1210 g/mol. The number of phosphoric ester groups is 2. The van der Waals surface area contributed by atoms with Crippen LogP contribution in [0.4, 0.5) is 0 Å². The van der Waals surface area contributed by atoms with Crippen molar-refractivity contribution in [2.24, 2.45) is 23.7 Å². The van der Waals surface area contributed by atoms with E-state index in [1.807, 2.05) is 0 Å². The van der Waals surface area contributed by atoms with Crippen LogP contribution in [0.5, 0.6) is 0 Å². The Hall–Kier alpha value is -1.94. The van der Waals surface area contributed by atoms with Gasteiger partial charge in [-0.15, -0.1) is 0 Å². The highest BCUT2D eigenvalue weighted by atomic mass is 31.2. The molecule has 0 saturated carbocycles. The third-order valence-electron chi connectivity index (χ3n) is 14.3. The van der Waals surface area contributed by atoms with Crippen LogP contribution >= 0.6 is 15.6 Å². The minimum Gasteiger partial charge on any atom is -0.462 e. The number of aliphatic hydroxyl groups is 1. The normalized spacial score (nSPS) is 14.5. The molecule has 0 aliphatic carbocycles. The predicted molar refractivity (Wildman–Crippen MR) is 326 cm³/mol. The molecule has 0 heterocycles. The molecular weight excluding hydrogens is 1090 g/mol. The molecule has 5 atom stereocenters. The number of carbonyl (C=O) groups excluding carboxylic acids is 4. The Kier molecular flexibility index (Phi) is 52.0. The van der Waals surface area contributed by atoms with Crippen molar-refractivity contribution in [2.75, 3.05) is 39.6 Å². The van der Waals surface area contributed by atoms with E-state index in [1.165, 1.54) is 89.9 Å². The van der Waals surface area contributed by atoms with E-state index < -0.39 is 97.5 Å². The minimum absolute atomic E-state index is 0.100. The number of phosphoric acid groups is 2. The smallest absolute Gasteiger partial charge is 0.462 e. The second-order valence-corrected chi connectivity index (χ2v) is 27.6. The molecule has 3 N–H and O–H groups in total. The van der Waals surface area contributed by atoms with Crippen molar-refractivity contribution in [3.63, 3.8) is 0 Å². The van der Waals surface area contributed by atoms with Gasteiger partial charge in [0.1, 0.15) is 19.3 Å². The zero-order valence-corrected chi connectivity index (χ0v) is 54.9. The molecule has 17 nitrogen and oxygen atoms in total. The standard InChI is InChI=1S/C63H122O17P2/c1-53(2)39-31-23-15-12-10-9-11-13-17-29-37-45-62(67)79-58(49-73-60(65)43-35-27-18-14-16-24-32-40-54(3)4)51-77-81(69,70)75-47-57(64)48-76-82(71,72)78-52-59(80-63(68)46-38-30-22-20-26-34-42-56(7)8)50-74-61(66)44-36-28-21-19-25-33-41-55(5)6/h53-59,64H,9-52H2,1-8H3,(H,69,70)(H,71,72)/t57?,58-,59-/m1/s1. The van der Waals surface area contributed by atoms with Gasteiger partial charge in [-0.1, -0.05) is 248 Å². The van der Waals surface area contributed by atoms with Gasteiger partial charge in [0, 0.05) is 25.7 Å². The number of hydrogen-bond acceptors (Lipinski definition) is 15. The molecule has 0 aliphatic rings. The maximum atomic E-state index is 13.0. The van der Waals surface area contributed by atoms with E-state index in [1.54, 1.807) is 0 Å². The molecule has 0 spiro atoms. The molecule has 0 aromatic carbocycles. The van der Waals surface area contributed by atoms with Gasteiger partial charge in [-0.05, 0) is 49.4 Å². The molecular formula is C63H122O17P2. The summed E-state index contributed by atoms with van der Waals surface area (Å²) in [6, 6.07) is 0. The molecule has 486 valence electrons. The number of rotatable bonds is 60. The van der Waals surface area contributed by atoms with Gasteiger partial charge < -0.3 is 33.8 Å². The Morgan fingerprint density at radius 3 is 0.756 bits per heavy atom. The van der Waals surface area contributed by atoms with Crippen molar-refractivity contribution >= 4 is 39.5 Å². The average molecular weight is 1210 g/mol. The van der Waals surface area contributed by atoms with Crippen LogP contribution in [-0.4, -0.2) is 96.7 Å². The van der Waals surface area contributed by atoms with Crippen LogP contribution in [-0.2, 0) is 65.4 Å². The molecule has 0 aliphatic heterocycles. The maximum Gasteiger partial charge on any atom is 0.472 e. The number of carbonyl (C=O) groups is 4. The van der Waals surface area contributed by atoms with Gasteiger partial charge in [0.2, 0.25) is 0 Å². The first kappa shape index (κ1) is 80.1. The van der Waals surface area contributed by atoms with Crippen molar-refractivity contribution in [3.05, 3.63) is 0 Å². The first-order chi connectivity index (χ1) is 39.1. The summed E-state index contributed by atoms with van der Waals surface area (Å²) in [6.45, 7) is 13.9. The van der Waals surface area contributed by atoms with E-state index >= 15 is 0 Å². The predicted octanol–water partition coefficient (Wildman–Crippen LogP) is 17.0. The number of unbranched alkanes of at least 4 members (excludes halogenated alkanes) is 26. The van der Waals surface area contributed by atoms with Crippen LogP contribution in [0.25, 0.3) is 0 Å². The molecule has 0 saturated heterocycles. The highest BCUT2D eigenvalue weighted by Crippen LogP contribution is 2.45. The summed E-state index contributed by atoms with van der Waals surface area (Å²) in [6.07, 6.45) is 32.5. The van der Waals surface area contributed by atoms with Crippen molar-refractivity contribution in [1.29, 1.82) is 0 Å². The number of ether oxygens (including phenoxy) is 4. The molecule has 82 heavy (non-hydrogen) atoms. The third-order valence-corrected chi connectivity index (χ3v) is 16.2. The Labute approximate surface area is 498 Å². The lowest BCUT2D eigenvalue weighted by Gasteiger charge is -2.21. The fourth-order valence-electron chi connectivity index (χ4n) is 9.25. The van der Waals surface area contributed by atoms with E-state index in [4.69, 9.17) is 37.0 Å². The topological polar surface area (TPSA) is 237 Å². The maximum absolute atomic E-state index is 13.0. The first-order valence-electron chi connectivity index (χ1n) is 32.7. The molecule has 0 rings (SSSR count). The summed E-state index contributed by atoms with van der Waals surface area (Å²) in [5, 5.41) is 10.5. The number of esters is 4. The molecule has 3 unspecified atom stereocenters. The summed E-state index contributed by atoms with van der Waals surface area (Å²) in [5.74, 6) is 0.673. The average Bonchev–Trinajstić information content (AvgIpc) is 3.41. The SMILES string of the molecule is CC(C)CCCCCCCCCCCCCC(=O)O[C@H](COC(=O)CCCCCCCCCC(C)C)COP(=O)(O)OCC(O)COP(=O)(O)OC[C@@H](COC(=O)CCCCCCCCC(C)C)OC(=O)CCCCCCCCC(C)C. The zero-order valence-electron chi connectivity index (χ0n) is 53.1. The fourth-order valence-corrected chi connectivity index (χ4v) is 10.8. The van der Waals surface area contributed by atoms with E-state index in [-0.39, 0.29) is 25.7 Å². The zero-order chi connectivity index (χ0) is 61.1. The van der Waals surface area contributed by atoms with Gasteiger partial charge in [-0.2, -0.15) is 0 Å². The van der Waals surface area contributed by atoms with E-state index in [9.17, 15) is 43.2 Å². The van der Waals surface area contributed by atoms with Gasteiger partial charge in [0.15, 0.2) is 12.2 Å². The fraction of sp³-hybridized carbons (Fsp3) is 0.937. The highest BCUT2D eigenvalue weighted by molar-refractivity contribution is 7.47. The van der Waals surface area contributed by atoms with Gasteiger partial charge >= 0.3 is 39.5 Å². The van der Waals surface area contributed by atoms with Crippen LogP contribution in [0.2, 0.25) is 0 Å². The van der Waals surface area contributed by atoms with Crippen LogP contribution in [0.15, 0.2) is 0 Å². The summed E-state index contributed by atoms with van der Waals surface area (Å²) in [4.78, 5) is 72.1. The number of hydrogen-bond donors (Lipinski definition) is 3. The number of aliphatic hydroxyl groups excluding tert-OH is 1. The minimum atomic E-state index is -4.94. The van der Waals surface area contributed by atoms with Crippen LogP contribution in [0.3, 0.4) is 0 Å². The molecule has 0 radical (unpaired) electrons. The quantitative estimate of drug-likeness (QED) is 0.0222. The third kappa shape index (κ3) is 57.2. The largest absolute Gasteiger partial charge is 0.472 e. The highest BCUT2D eigenvalue weighted by Gasteiger charge is 2.30. The lowest BCUT2D eigenvalue weighted by Crippen LogP contribution is -2.30. The Morgan fingerprint density at radius 2 is 0.512 bits per heavy atom. The van der Waals surface area contributed by atoms with Crippen molar-refractivity contribution in [3.8, 4) is 0 Å². The molecule has 0 bridgehead atoms. The van der Waals surface area contributed by atoms with Crippen molar-refractivity contribution < 1.29 is 80.2 Å². The van der Waals surface area contributed by atoms with E-state index in [0.29, 0.717) is 43.4 Å². The molecule has 0 amide bonds. The first-order valence-corrected chi connectivity index (χ1v) is 35.7. The summed E-state index contributed by atoms with van der Waals surface area (Å²) < 4.78 is 67.9. The van der Waals surface area contributed by atoms with Gasteiger partial charge in [0.05, 0.1) is 26.4 Å². The second-order valence-electron chi connectivity index (χ2n) is 24.7. The lowest BCUT2D eigenvalue weighted by molar-refractivity contribution is -0.161. The summed E-state index contributed by atoms with van der Waals surface area (Å²) >= 11 is 0. The van der Waals surface area contributed by atoms with E-state index in [0.717, 1.165) is 109 Å². The summed E-state index contributed by atoms with van der Waals surface area (Å²) in [5.41, 5.74) is 0. The van der Waals surface area contributed by atoms with Crippen LogP contribution in [0, 0.1) is 23.7 Å².